The van der Waals surface area contributed by atoms with Crippen molar-refractivity contribution in [3.8, 4) is 0 Å². The number of rotatable bonds is 6. The van der Waals surface area contributed by atoms with E-state index in [1.165, 1.54) is 17.4 Å². The van der Waals surface area contributed by atoms with Gasteiger partial charge < -0.3 is 15.4 Å². The van der Waals surface area contributed by atoms with Crippen LogP contribution in [0.5, 0.6) is 0 Å². The van der Waals surface area contributed by atoms with Crippen LogP contribution in [0.1, 0.15) is 35.5 Å². The largest absolute Gasteiger partial charge is 0.463 e. The minimum atomic E-state index is -0.729. The molecule has 3 atom stereocenters. The predicted octanol–water partition coefficient (Wildman–Crippen LogP) is 2.57. The number of esters is 1. The number of carbonyl (C=O) groups excluding carboxylic acids is 2. The molecule has 3 aliphatic rings. The average Bonchev–Trinajstić information content (AvgIpc) is 3.51. The Bertz CT molecular complexity index is 1200. The zero-order chi connectivity index (χ0) is 24.5. The van der Waals surface area contributed by atoms with Gasteiger partial charge >= 0.3 is 5.97 Å². The number of nitrogens with one attached hydrogen (secondary N) is 2. The second-order valence-corrected chi connectivity index (χ2v) is 9.94. The Morgan fingerprint density at radius 3 is 3.00 bits per heavy atom. The number of fused-ring (bicyclic) bond motifs is 1. The topological polar surface area (TPSA) is 95.9 Å². The molecule has 4 heterocycles. The number of piperidine rings is 1. The number of aromatic nitrogens is 1. The molecule has 3 aliphatic heterocycles. The molecule has 0 bridgehead atoms. The number of carbonyl (C=O) groups is 2. The first-order valence-corrected chi connectivity index (χ1v) is 12.7. The summed E-state index contributed by atoms with van der Waals surface area (Å²) in [6.07, 6.45) is 2.48. The fourth-order valence-electron chi connectivity index (χ4n) is 5.15. The molecule has 0 saturated carbocycles. The van der Waals surface area contributed by atoms with Gasteiger partial charge in [0.1, 0.15) is 11.9 Å². The highest BCUT2D eigenvalue weighted by Crippen LogP contribution is 2.36. The quantitative estimate of drug-likeness (QED) is 0.596. The molecule has 2 fully saturated rings. The van der Waals surface area contributed by atoms with E-state index in [4.69, 9.17) is 9.73 Å². The standard InChI is InChI=1S/C25H28FN5O3S/c1-3-34-25(33)20-19(13-31-9-7-17-15(12-31)11-28-23(17)32)29-22(24-27-8-10-35-24)30-21(20)16-5-4-6-18(26)14(16)2/h4-6,8,10,15,17,21H,3,7,9,11-13H2,1-2H3,(H,28,32)(H,29,30)/t15-,17+,21?/m0/s1. The summed E-state index contributed by atoms with van der Waals surface area (Å²) in [5.41, 5.74) is 2.11. The van der Waals surface area contributed by atoms with Crippen LogP contribution < -0.4 is 10.6 Å². The normalized spacial score (nSPS) is 24.5. The Kier molecular flexibility index (Phi) is 6.66. The number of likely N-dealkylation sites (tertiary alicyclic amines) is 1. The van der Waals surface area contributed by atoms with E-state index < -0.39 is 12.0 Å². The Balaban J connectivity index is 1.55. The molecule has 35 heavy (non-hydrogen) atoms. The molecule has 1 amide bonds. The smallest absolute Gasteiger partial charge is 0.338 e. The molecule has 1 aromatic heterocycles. The minimum Gasteiger partial charge on any atom is -0.463 e. The number of halogens is 1. The third-order valence-electron chi connectivity index (χ3n) is 6.94. The van der Waals surface area contributed by atoms with E-state index in [9.17, 15) is 14.0 Å². The van der Waals surface area contributed by atoms with E-state index in [1.807, 2.05) is 5.38 Å². The van der Waals surface area contributed by atoms with E-state index >= 15 is 0 Å². The third-order valence-corrected chi connectivity index (χ3v) is 7.72. The van der Waals surface area contributed by atoms with Gasteiger partial charge in [-0.05, 0) is 44.0 Å². The van der Waals surface area contributed by atoms with Crippen LogP contribution in [-0.4, -0.2) is 60.4 Å². The first-order chi connectivity index (χ1) is 17.0. The van der Waals surface area contributed by atoms with E-state index in [1.54, 1.807) is 32.2 Å². The van der Waals surface area contributed by atoms with Gasteiger partial charge in [0.2, 0.25) is 5.91 Å². The number of hydrogen-bond acceptors (Lipinski definition) is 8. The lowest BCUT2D eigenvalue weighted by molar-refractivity contribution is -0.139. The molecule has 1 aromatic carbocycles. The van der Waals surface area contributed by atoms with Crippen LogP contribution in [0.25, 0.3) is 0 Å². The van der Waals surface area contributed by atoms with Crippen molar-refractivity contribution in [3.05, 3.63) is 63.0 Å². The number of amides is 1. The number of nitrogens with zero attached hydrogens (tertiary/aromatic N) is 3. The molecular formula is C25H28FN5O3S. The minimum absolute atomic E-state index is 0.0548. The summed E-state index contributed by atoms with van der Waals surface area (Å²) in [4.78, 5) is 36.9. The number of hydrogen-bond donors (Lipinski definition) is 2. The van der Waals surface area contributed by atoms with E-state index in [-0.39, 0.29) is 30.2 Å². The van der Waals surface area contributed by atoms with Crippen molar-refractivity contribution in [1.29, 1.82) is 0 Å². The summed E-state index contributed by atoms with van der Waals surface area (Å²) >= 11 is 1.44. The molecule has 0 radical (unpaired) electrons. The second-order valence-electron chi connectivity index (χ2n) is 9.04. The zero-order valence-corrected chi connectivity index (χ0v) is 20.5. The van der Waals surface area contributed by atoms with Crippen molar-refractivity contribution in [2.24, 2.45) is 16.8 Å². The van der Waals surface area contributed by atoms with Crippen LogP contribution in [0.2, 0.25) is 0 Å². The lowest BCUT2D eigenvalue weighted by Gasteiger charge is -2.36. The molecule has 2 N–H and O–H groups in total. The maximum atomic E-state index is 14.6. The van der Waals surface area contributed by atoms with Crippen molar-refractivity contribution in [3.63, 3.8) is 0 Å². The van der Waals surface area contributed by atoms with Crippen molar-refractivity contribution in [2.75, 3.05) is 32.8 Å². The summed E-state index contributed by atoms with van der Waals surface area (Å²) in [7, 11) is 0. The highest BCUT2D eigenvalue weighted by Gasteiger charge is 2.40. The number of amidine groups is 1. The number of thiazole rings is 1. The Labute approximate surface area is 207 Å². The molecule has 2 aromatic rings. The fraction of sp³-hybridized carbons (Fsp3) is 0.440. The van der Waals surface area contributed by atoms with Crippen LogP contribution in [0.15, 0.2) is 46.0 Å². The lowest BCUT2D eigenvalue weighted by atomic mass is 9.87. The second kappa shape index (κ2) is 9.87. The summed E-state index contributed by atoms with van der Waals surface area (Å²) in [5, 5.41) is 8.87. The van der Waals surface area contributed by atoms with E-state index in [0.29, 0.717) is 46.3 Å². The van der Waals surface area contributed by atoms with Gasteiger partial charge in [0, 0.05) is 48.7 Å². The van der Waals surface area contributed by atoms with Crippen LogP contribution in [-0.2, 0) is 14.3 Å². The first-order valence-electron chi connectivity index (χ1n) is 11.9. The van der Waals surface area contributed by atoms with E-state index in [0.717, 1.165) is 19.5 Å². The lowest BCUT2D eigenvalue weighted by Crippen LogP contribution is -2.45. The highest BCUT2D eigenvalue weighted by atomic mass is 32.1. The van der Waals surface area contributed by atoms with Crippen LogP contribution in [0, 0.1) is 24.6 Å². The molecule has 0 aliphatic carbocycles. The SMILES string of the molecule is CCOC(=O)C1=C(CN2CC[C@H]3C(=O)NC[C@H]3C2)NC(c2nccs2)=NC1c1cccc(F)c1C. The van der Waals surface area contributed by atoms with Crippen molar-refractivity contribution in [2.45, 2.75) is 26.3 Å². The van der Waals surface area contributed by atoms with Gasteiger partial charge in [-0.3, -0.25) is 14.7 Å². The predicted molar refractivity (Wildman–Crippen MR) is 130 cm³/mol. The Morgan fingerprint density at radius 2 is 2.23 bits per heavy atom. The summed E-state index contributed by atoms with van der Waals surface area (Å²) in [6, 6.07) is 4.11. The fourth-order valence-corrected chi connectivity index (χ4v) is 5.74. The molecule has 10 heteroatoms. The Morgan fingerprint density at radius 1 is 1.37 bits per heavy atom. The monoisotopic (exact) mass is 497 g/mol. The maximum absolute atomic E-state index is 14.6. The van der Waals surface area contributed by atoms with Crippen molar-refractivity contribution >= 4 is 29.0 Å². The molecule has 5 rings (SSSR count). The molecule has 8 nitrogen and oxygen atoms in total. The summed E-state index contributed by atoms with van der Waals surface area (Å²) in [5.74, 6) is 0.163. The molecule has 184 valence electrons. The number of ether oxygens (including phenoxy) is 1. The van der Waals surface area contributed by atoms with Gasteiger partial charge in [-0.1, -0.05) is 12.1 Å². The number of aliphatic imine (C=N–C) groups is 1. The van der Waals surface area contributed by atoms with Crippen molar-refractivity contribution < 1.29 is 18.7 Å². The van der Waals surface area contributed by atoms with Gasteiger partial charge in [-0.25, -0.2) is 14.2 Å². The van der Waals surface area contributed by atoms with Gasteiger partial charge in [0.05, 0.1) is 12.2 Å². The van der Waals surface area contributed by atoms with E-state index in [2.05, 4.69) is 20.5 Å². The van der Waals surface area contributed by atoms with Gasteiger partial charge in [0.15, 0.2) is 10.8 Å². The van der Waals surface area contributed by atoms with Gasteiger partial charge in [0.25, 0.3) is 0 Å². The summed E-state index contributed by atoms with van der Waals surface area (Å²) < 4.78 is 20.0. The highest BCUT2D eigenvalue weighted by molar-refractivity contribution is 7.11. The van der Waals surface area contributed by atoms with Crippen LogP contribution in [0.3, 0.4) is 0 Å². The van der Waals surface area contributed by atoms with Crippen LogP contribution >= 0.6 is 11.3 Å². The first kappa shape index (κ1) is 23.6. The third kappa shape index (κ3) is 4.60. The molecule has 0 spiro atoms. The molecule has 1 unspecified atom stereocenters. The Hall–Kier alpha value is -3.11. The van der Waals surface area contributed by atoms with Gasteiger partial charge in [-0.2, -0.15) is 0 Å². The summed E-state index contributed by atoms with van der Waals surface area (Å²) in [6.45, 7) is 6.30. The molecular weight excluding hydrogens is 469 g/mol. The average molecular weight is 498 g/mol. The zero-order valence-electron chi connectivity index (χ0n) is 19.7. The maximum Gasteiger partial charge on any atom is 0.338 e. The van der Waals surface area contributed by atoms with Crippen LogP contribution in [0.4, 0.5) is 4.39 Å². The van der Waals surface area contributed by atoms with Gasteiger partial charge in [-0.15, -0.1) is 11.3 Å². The number of benzene rings is 1. The molecule has 2 saturated heterocycles. The van der Waals surface area contributed by atoms with Crippen molar-refractivity contribution in [1.82, 2.24) is 20.5 Å².